The van der Waals surface area contributed by atoms with E-state index >= 15 is 0 Å². The molecule has 0 radical (unpaired) electrons. The second-order valence-electron chi connectivity index (χ2n) is 4.98. The summed E-state index contributed by atoms with van der Waals surface area (Å²) in [4.78, 5) is 4.19. The van der Waals surface area contributed by atoms with Crippen molar-refractivity contribution in [1.82, 2.24) is 20.1 Å². The highest BCUT2D eigenvalue weighted by Crippen LogP contribution is 2.23. The Bertz CT molecular complexity index is 348. The Morgan fingerprint density at radius 2 is 2.44 bits per heavy atom. The first-order chi connectivity index (χ1) is 7.57. The topological polar surface area (TPSA) is 52.0 Å². The van der Waals surface area contributed by atoms with Crippen molar-refractivity contribution in [3.8, 4) is 0 Å². The fourth-order valence-corrected chi connectivity index (χ4v) is 2.12. The van der Waals surface area contributed by atoms with Gasteiger partial charge in [-0.25, -0.2) is 4.98 Å². The monoisotopic (exact) mass is 224 g/mol. The predicted molar refractivity (Wildman–Crippen MR) is 60.9 cm³/mol. The third-order valence-electron chi connectivity index (χ3n) is 3.05. The zero-order chi connectivity index (χ0) is 11.6. The smallest absolute Gasteiger partial charge is 0.140 e. The van der Waals surface area contributed by atoms with Crippen molar-refractivity contribution in [2.24, 2.45) is 7.05 Å². The van der Waals surface area contributed by atoms with E-state index in [9.17, 15) is 0 Å². The van der Waals surface area contributed by atoms with Crippen molar-refractivity contribution in [3.05, 3.63) is 12.2 Å². The molecule has 2 heterocycles. The van der Waals surface area contributed by atoms with Gasteiger partial charge in [-0.05, 0) is 26.7 Å². The zero-order valence-corrected chi connectivity index (χ0v) is 10.2. The van der Waals surface area contributed by atoms with Gasteiger partial charge in [0.25, 0.3) is 0 Å². The molecule has 0 saturated carbocycles. The van der Waals surface area contributed by atoms with Gasteiger partial charge in [0, 0.05) is 19.7 Å². The van der Waals surface area contributed by atoms with Crippen LogP contribution in [0.4, 0.5) is 0 Å². The lowest BCUT2D eigenvalue weighted by Crippen LogP contribution is -2.43. The summed E-state index contributed by atoms with van der Waals surface area (Å²) in [5.41, 5.74) is -0.00416. The number of nitrogens with zero attached hydrogens (tertiary/aromatic N) is 3. The van der Waals surface area contributed by atoms with E-state index in [1.807, 2.05) is 7.05 Å². The van der Waals surface area contributed by atoms with Gasteiger partial charge in [-0.15, -0.1) is 0 Å². The molecule has 5 heteroatoms. The van der Waals surface area contributed by atoms with Crippen LogP contribution >= 0.6 is 0 Å². The van der Waals surface area contributed by atoms with E-state index in [-0.39, 0.29) is 5.60 Å². The maximum Gasteiger partial charge on any atom is 0.140 e. The van der Waals surface area contributed by atoms with Gasteiger partial charge in [-0.2, -0.15) is 5.10 Å². The highest BCUT2D eigenvalue weighted by atomic mass is 16.5. The Hall–Kier alpha value is -0.940. The van der Waals surface area contributed by atoms with Crippen LogP contribution in [0.25, 0.3) is 0 Å². The summed E-state index contributed by atoms with van der Waals surface area (Å²) in [5, 5.41) is 7.57. The number of aryl methyl sites for hydroxylation is 1. The highest BCUT2D eigenvalue weighted by molar-refractivity contribution is 4.87. The van der Waals surface area contributed by atoms with E-state index in [0.29, 0.717) is 6.04 Å². The Labute approximate surface area is 96.2 Å². The normalized spacial score (nSPS) is 24.6. The van der Waals surface area contributed by atoms with Crippen LogP contribution in [0.3, 0.4) is 0 Å². The van der Waals surface area contributed by atoms with Crippen molar-refractivity contribution < 1.29 is 4.74 Å². The molecule has 1 fully saturated rings. The molecule has 5 nitrogen and oxygen atoms in total. The van der Waals surface area contributed by atoms with Crippen molar-refractivity contribution in [3.63, 3.8) is 0 Å². The number of hydrogen-bond donors (Lipinski definition) is 1. The minimum Gasteiger partial charge on any atom is -0.375 e. The second kappa shape index (κ2) is 4.51. The van der Waals surface area contributed by atoms with E-state index in [0.717, 1.165) is 31.8 Å². The number of aromatic nitrogens is 3. The SMILES string of the molecule is Cn1ncnc1CNC1CCOC(C)(C)C1. The molecule has 1 atom stereocenters. The van der Waals surface area contributed by atoms with Gasteiger partial charge in [-0.3, -0.25) is 4.68 Å². The molecule has 2 rings (SSSR count). The third-order valence-corrected chi connectivity index (χ3v) is 3.05. The van der Waals surface area contributed by atoms with Crippen molar-refractivity contribution in [2.45, 2.75) is 44.9 Å². The third kappa shape index (κ3) is 2.80. The molecule has 1 aromatic rings. The highest BCUT2D eigenvalue weighted by Gasteiger charge is 2.28. The first kappa shape index (κ1) is 11.5. The quantitative estimate of drug-likeness (QED) is 0.827. The minimum absolute atomic E-state index is 0.00416. The van der Waals surface area contributed by atoms with Crippen LogP contribution in [0.1, 0.15) is 32.5 Å². The van der Waals surface area contributed by atoms with Gasteiger partial charge < -0.3 is 10.1 Å². The van der Waals surface area contributed by atoms with E-state index < -0.39 is 0 Å². The van der Waals surface area contributed by atoms with Crippen LogP contribution < -0.4 is 5.32 Å². The van der Waals surface area contributed by atoms with Crippen LogP contribution in [0.15, 0.2) is 6.33 Å². The summed E-state index contributed by atoms with van der Waals surface area (Å²) in [6.07, 6.45) is 3.71. The summed E-state index contributed by atoms with van der Waals surface area (Å²) in [5.74, 6) is 0.976. The Balaban J connectivity index is 1.84. The van der Waals surface area contributed by atoms with E-state index in [4.69, 9.17) is 4.74 Å². The summed E-state index contributed by atoms with van der Waals surface area (Å²) in [6.45, 7) is 5.90. The second-order valence-corrected chi connectivity index (χ2v) is 4.98. The van der Waals surface area contributed by atoms with Crippen LogP contribution in [0.2, 0.25) is 0 Å². The first-order valence-electron chi connectivity index (χ1n) is 5.77. The van der Waals surface area contributed by atoms with Gasteiger partial charge in [0.15, 0.2) is 0 Å². The molecule has 1 aromatic heterocycles. The van der Waals surface area contributed by atoms with Crippen molar-refractivity contribution in [2.75, 3.05) is 6.61 Å². The molecule has 1 N–H and O–H groups in total. The van der Waals surface area contributed by atoms with E-state index in [2.05, 4.69) is 29.2 Å². The van der Waals surface area contributed by atoms with Crippen LogP contribution in [-0.4, -0.2) is 33.0 Å². The van der Waals surface area contributed by atoms with Crippen molar-refractivity contribution in [1.29, 1.82) is 0 Å². The fraction of sp³-hybridized carbons (Fsp3) is 0.818. The van der Waals surface area contributed by atoms with E-state index in [1.165, 1.54) is 0 Å². The standard InChI is InChI=1S/C11H20N4O/c1-11(2)6-9(4-5-16-11)12-7-10-13-8-14-15(10)3/h8-9,12H,4-7H2,1-3H3. The molecule has 0 spiro atoms. The van der Waals surface area contributed by atoms with Crippen LogP contribution in [-0.2, 0) is 18.3 Å². The number of rotatable bonds is 3. The molecule has 0 bridgehead atoms. The summed E-state index contributed by atoms with van der Waals surface area (Å²) in [6, 6.07) is 0.514. The first-order valence-corrected chi connectivity index (χ1v) is 5.77. The maximum atomic E-state index is 5.68. The average Bonchev–Trinajstić information content (AvgIpc) is 2.60. The molecule has 16 heavy (non-hydrogen) atoms. The molecular formula is C11H20N4O. The molecule has 1 aliphatic heterocycles. The Morgan fingerprint density at radius 3 is 3.06 bits per heavy atom. The predicted octanol–water partition coefficient (Wildman–Crippen LogP) is 0.862. The fourth-order valence-electron chi connectivity index (χ4n) is 2.12. The molecular weight excluding hydrogens is 204 g/mol. The summed E-state index contributed by atoms with van der Waals surface area (Å²) in [7, 11) is 1.91. The summed E-state index contributed by atoms with van der Waals surface area (Å²) >= 11 is 0. The number of ether oxygens (including phenoxy) is 1. The average molecular weight is 224 g/mol. The van der Waals surface area contributed by atoms with E-state index in [1.54, 1.807) is 11.0 Å². The van der Waals surface area contributed by atoms with Gasteiger partial charge in [0.2, 0.25) is 0 Å². The molecule has 0 aliphatic carbocycles. The van der Waals surface area contributed by atoms with Gasteiger partial charge in [-0.1, -0.05) is 0 Å². The summed E-state index contributed by atoms with van der Waals surface area (Å²) < 4.78 is 7.49. The molecule has 1 unspecified atom stereocenters. The number of hydrogen-bond acceptors (Lipinski definition) is 4. The largest absolute Gasteiger partial charge is 0.375 e. The lowest BCUT2D eigenvalue weighted by atomic mass is 9.94. The van der Waals surface area contributed by atoms with Gasteiger partial charge in [0.1, 0.15) is 12.2 Å². The lowest BCUT2D eigenvalue weighted by molar-refractivity contribution is -0.0631. The zero-order valence-electron chi connectivity index (χ0n) is 10.2. The van der Waals surface area contributed by atoms with Crippen LogP contribution in [0, 0.1) is 0 Å². The van der Waals surface area contributed by atoms with Gasteiger partial charge >= 0.3 is 0 Å². The Kier molecular flexibility index (Phi) is 3.25. The molecule has 1 aliphatic rings. The molecule has 1 saturated heterocycles. The molecule has 0 aromatic carbocycles. The van der Waals surface area contributed by atoms with Crippen molar-refractivity contribution >= 4 is 0 Å². The molecule has 0 amide bonds. The maximum absolute atomic E-state index is 5.68. The Morgan fingerprint density at radius 1 is 1.62 bits per heavy atom. The van der Waals surface area contributed by atoms with Crippen LogP contribution in [0.5, 0.6) is 0 Å². The minimum atomic E-state index is -0.00416. The van der Waals surface area contributed by atoms with Gasteiger partial charge in [0.05, 0.1) is 12.1 Å². The lowest BCUT2D eigenvalue weighted by Gasteiger charge is -2.35. The molecule has 90 valence electrons. The number of nitrogens with one attached hydrogen (secondary N) is 1.